The fourth-order valence-corrected chi connectivity index (χ4v) is 3.62. The number of rotatable bonds is 5. The number of guanidine groups is 1. The van der Waals surface area contributed by atoms with Crippen molar-refractivity contribution < 1.29 is 8.81 Å². The predicted octanol–water partition coefficient (Wildman–Crippen LogP) is 3.81. The number of halogens is 1. The average Bonchev–Trinajstić information content (AvgIpc) is 3.27. The van der Waals surface area contributed by atoms with Crippen molar-refractivity contribution in [2.45, 2.75) is 25.4 Å². The van der Waals surface area contributed by atoms with Crippen LogP contribution >= 0.6 is 0 Å². The van der Waals surface area contributed by atoms with Gasteiger partial charge in [-0.1, -0.05) is 24.3 Å². The molecule has 1 aliphatic rings. The zero-order valence-electron chi connectivity index (χ0n) is 17.0. The van der Waals surface area contributed by atoms with Gasteiger partial charge in [-0.25, -0.2) is 9.37 Å². The number of anilines is 1. The molecule has 0 aliphatic carbocycles. The van der Waals surface area contributed by atoms with Crippen LogP contribution in [0.3, 0.4) is 0 Å². The molecule has 0 saturated carbocycles. The van der Waals surface area contributed by atoms with E-state index in [4.69, 9.17) is 4.42 Å². The monoisotopic (exact) mass is 407 g/mol. The number of piperidine rings is 1. The lowest BCUT2D eigenvalue weighted by Crippen LogP contribution is -2.48. The van der Waals surface area contributed by atoms with E-state index in [1.54, 1.807) is 25.4 Å². The average molecular weight is 407 g/mol. The Bertz CT molecular complexity index is 980. The number of nitrogens with zero attached hydrogens (tertiary/aromatic N) is 3. The quantitative estimate of drug-likeness (QED) is 0.497. The van der Waals surface area contributed by atoms with Gasteiger partial charge in [-0.15, -0.1) is 0 Å². The Labute approximate surface area is 175 Å². The van der Waals surface area contributed by atoms with Crippen molar-refractivity contribution in [2.24, 2.45) is 4.99 Å². The minimum atomic E-state index is -0.194. The van der Waals surface area contributed by atoms with E-state index in [-0.39, 0.29) is 5.82 Å². The van der Waals surface area contributed by atoms with Gasteiger partial charge in [0.1, 0.15) is 12.1 Å². The molecule has 0 bridgehead atoms. The molecule has 3 aromatic rings. The summed E-state index contributed by atoms with van der Waals surface area (Å²) >= 11 is 0. The molecule has 6 nitrogen and oxygen atoms in total. The van der Waals surface area contributed by atoms with E-state index in [0.717, 1.165) is 48.8 Å². The molecule has 1 saturated heterocycles. The first-order valence-corrected chi connectivity index (χ1v) is 10.2. The minimum absolute atomic E-state index is 0.194. The van der Waals surface area contributed by atoms with Crippen molar-refractivity contribution in [1.82, 2.24) is 15.6 Å². The summed E-state index contributed by atoms with van der Waals surface area (Å²) in [7, 11) is 1.76. The van der Waals surface area contributed by atoms with Gasteiger partial charge in [0.2, 0.25) is 5.89 Å². The SMILES string of the molecule is CN=C(NCc1coc(-c2ccccc2)n1)NC1CCN(c2cccc(F)c2)CC1. The first-order valence-electron chi connectivity index (χ1n) is 10.2. The second kappa shape index (κ2) is 9.43. The third-order valence-corrected chi connectivity index (χ3v) is 5.24. The maximum atomic E-state index is 13.5. The Balaban J connectivity index is 1.26. The largest absolute Gasteiger partial charge is 0.444 e. The number of nitrogens with one attached hydrogen (secondary N) is 2. The van der Waals surface area contributed by atoms with Crippen molar-refractivity contribution in [3.8, 4) is 11.5 Å². The van der Waals surface area contributed by atoms with Crippen LogP contribution < -0.4 is 15.5 Å². The van der Waals surface area contributed by atoms with Crippen molar-refractivity contribution in [2.75, 3.05) is 25.0 Å². The summed E-state index contributed by atoms with van der Waals surface area (Å²) in [5, 5.41) is 6.78. The molecule has 30 heavy (non-hydrogen) atoms. The zero-order chi connectivity index (χ0) is 20.8. The van der Waals surface area contributed by atoms with E-state index < -0.39 is 0 Å². The van der Waals surface area contributed by atoms with Crippen LogP contribution in [0.4, 0.5) is 10.1 Å². The standard InChI is InChI=1S/C23H26FN5O/c1-25-23(26-15-20-16-30-22(27-20)17-6-3-2-4-7-17)28-19-10-12-29(13-11-19)21-9-5-8-18(24)14-21/h2-9,14,16,19H,10-13,15H2,1H3,(H2,25,26,28). The van der Waals surface area contributed by atoms with Gasteiger partial charge in [-0.05, 0) is 43.2 Å². The third-order valence-electron chi connectivity index (χ3n) is 5.24. The molecule has 0 unspecified atom stereocenters. The summed E-state index contributed by atoms with van der Waals surface area (Å²) in [4.78, 5) is 11.1. The van der Waals surface area contributed by atoms with Crippen LogP contribution in [0.2, 0.25) is 0 Å². The molecule has 0 spiro atoms. The van der Waals surface area contributed by atoms with Gasteiger partial charge in [0.05, 0.1) is 12.2 Å². The summed E-state index contributed by atoms with van der Waals surface area (Å²) in [6.45, 7) is 2.28. The number of oxazole rings is 1. The molecular formula is C23H26FN5O. The first-order chi connectivity index (χ1) is 14.7. The summed E-state index contributed by atoms with van der Waals surface area (Å²) in [6.07, 6.45) is 3.58. The van der Waals surface area contributed by atoms with Gasteiger partial charge in [0.25, 0.3) is 0 Å². The van der Waals surface area contributed by atoms with E-state index in [9.17, 15) is 4.39 Å². The van der Waals surface area contributed by atoms with Crippen LogP contribution in [0, 0.1) is 5.82 Å². The van der Waals surface area contributed by atoms with Crippen LogP contribution in [0.15, 0.2) is 70.3 Å². The molecule has 1 aromatic heterocycles. The number of aliphatic imine (C=N–C) groups is 1. The highest BCUT2D eigenvalue weighted by atomic mass is 19.1. The summed E-state index contributed by atoms with van der Waals surface area (Å²) in [5.41, 5.74) is 2.71. The predicted molar refractivity (Wildman–Crippen MR) is 117 cm³/mol. The van der Waals surface area contributed by atoms with Gasteiger partial charge < -0.3 is 20.0 Å². The van der Waals surface area contributed by atoms with Crippen LogP contribution in [0.25, 0.3) is 11.5 Å². The molecule has 1 aliphatic heterocycles. The lowest BCUT2D eigenvalue weighted by atomic mass is 10.0. The van der Waals surface area contributed by atoms with Crippen LogP contribution in [-0.4, -0.2) is 37.1 Å². The van der Waals surface area contributed by atoms with Gasteiger partial charge in [0, 0.05) is 37.4 Å². The van der Waals surface area contributed by atoms with Crippen molar-refractivity contribution in [3.63, 3.8) is 0 Å². The molecule has 4 rings (SSSR count). The van der Waals surface area contributed by atoms with Gasteiger partial charge in [0.15, 0.2) is 5.96 Å². The molecule has 156 valence electrons. The number of hydrogen-bond acceptors (Lipinski definition) is 4. The van der Waals surface area contributed by atoms with E-state index in [1.165, 1.54) is 6.07 Å². The minimum Gasteiger partial charge on any atom is -0.444 e. The highest BCUT2D eigenvalue weighted by molar-refractivity contribution is 5.80. The summed E-state index contributed by atoms with van der Waals surface area (Å²) in [6, 6.07) is 16.9. The lowest BCUT2D eigenvalue weighted by molar-refractivity contribution is 0.461. The van der Waals surface area contributed by atoms with Gasteiger partial charge >= 0.3 is 0 Å². The van der Waals surface area contributed by atoms with Crippen molar-refractivity contribution in [3.05, 3.63) is 72.4 Å². The van der Waals surface area contributed by atoms with E-state index in [0.29, 0.717) is 18.5 Å². The molecule has 0 radical (unpaired) electrons. The van der Waals surface area contributed by atoms with Crippen LogP contribution in [0.1, 0.15) is 18.5 Å². The Hall–Kier alpha value is -3.35. The van der Waals surface area contributed by atoms with E-state index in [2.05, 4.69) is 25.5 Å². The molecule has 2 N–H and O–H groups in total. The zero-order valence-corrected chi connectivity index (χ0v) is 17.0. The van der Waals surface area contributed by atoms with Crippen LogP contribution in [0.5, 0.6) is 0 Å². The molecule has 2 heterocycles. The molecule has 1 fully saturated rings. The summed E-state index contributed by atoms with van der Waals surface area (Å²) in [5.74, 6) is 1.16. The Morgan fingerprint density at radius 1 is 1.17 bits per heavy atom. The number of hydrogen-bond donors (Lipinski definition) is 2. The maximum Gasteiger partial charge on any atom is 0.226 e. The smallest absolute Gasteiger partial charge is 0.226 e. The highest BCUT2D eigenvalue weighted by Gasteiger charge is 2.20. The second-order valence-electron chi connectivity index (χ2n) is 7.32. The fraction of sp³-hybridized carbons (Fsp3) is 0.304. The molecule has 7 heteroatoms. The summed E-state index contributed by atoms with van der Waals surface area (Å²) < 4.78 is 19.0. The first kappa shape index (κ1) is 19.9. The Morgan fingerprint density at radius 2 is 1.97 bits per heavy atom. The van der Waals surface area contributed by atoms with Crippen molar-refractivity contribution in [1.29, 1.82) is 0 Å². The Morgan fingerprint density at radius 3 is 2.70 bits per heavy atom. The normalized spacial score (nSPS) is 15.3. The van der Waals surface area contributed by atoms with E-state index >= 15 is 0 Å². The lowest BCUT2D eigenvalue weighted by Gasteiger charge is -2.34. The van der Waals surface area contributed by atoms with Crippen LogP contribution in [-0.2, 0) is 6.54 Å². The van der Waals surface area contributed by atoms with E-state index in [1.807, 2.05) is 36.4 Å². The number of aromatic nitrogens is 1. The highest BCUT2D eigenvalue weighted by Crippen LogP contribution is 2.21. The molecule has 0 amide bonds. The molecule has 2 aromatic carbocycles. The fourth-order valence-electron chi connectivity index (χ4n) is 3.62. The van der Waals surface area contributed by atoms with Gasteiger partial charge in [-0.2, -0.15) is 0 Å². The van der Waals surface area contributed by atoms with Gasteiger partial charge in [-0.3, -0.25) is 4.99 Å². The number of benzene rings is 2. The maximum absolute atomic E-state index is 13.5. The molecule has 0 atom stereocenters. The van der Waals surface area contributed by atoms with Crippen molar-refractivity contribution >= 4 is 11.6 Å². The molecular weight excluding hydrogens is 381 g/mol. The topological polar surface area (TPSA) is 65.7 Å². The Kier molecular flexibility index (Phi) is 6.27. The second-order valence-corrected chi connectivity index (χ2v) is 7.32. The third kappa shape index (κ3) is 4.97.